The lowest BCUT2D eigenvalue weighted by Crippen LogP contribution is -2.37. The number of amides is 4. The number of carbonyl (C=O) groups is 3. The topological polar surface area (TPSA) is 78.5 Å². The van der Waals surface area contributed by atoms with E-state index in [9.17, 15) is 14.4 Å². The van der Waals surface area contributed by atoms with Crippen LogP contribution in [-0.4, -0.2) is 42.4 Å². The Balaban J connectivity index is 1.98. The highest BCUT2D eigenvalue weighted by Gasteiger charge is 2.22. The molecule has 6 nitrogen and oxygen atoms in total. The minimum absolute atomic E-state index is 0.140. The Morgan fingerprint density at radius 2 is 1.59 bits per heavy atom. The average Bonchev–Trinajstić information content (AvgIpc) is 2.72. The molecule has 0 saturated heterocycles. The van der Waals surface area contributed by atoms with E-state index in [1.54, 1.807) is 0 Å². The molecular formula is C16H27N3O3. The Morgan fingerprint density at radius 1 is 1.00 bits per heavy atom. The van der Waals surface area contributed by atoms with Crippen molar-refractivity contribution in [1.29, 1.82) is 0 Å². The second-order valence-electron chi connectivity index (χ2n) is 6.72. The van der Waals surface area contributed by atoms with E-state index < -0.39 is 0 Å². The zero-order chi connectivity index (χ0) is 16.6. The minimum Gasteiger partial charge on any atom is -0.338 e. The average molecular weight is 309 g/mol. The molecule has 1 aliphatic heterocycles. The van der Waals surface area contributed by atoms with Crippen molar-refractivity contribution in [2.45, 2.75) is 46.5 Å². The largest absolute Gasteiger partial charge is 0.338 e. The lowest BCUT2D eigenvalue weighted by Gasteiger charge is -2.18. The lowest BCUT2D eigenvalue weighted by molar-refractivity contribution is -0.136. The first-order valence-electron chi connectivity index (χ1n) is 7.85. The molecule has 0 radical (unpaired) electrons. The molecule has 0 bridgehead atoms. The second-order valence-corrected chi connectivity index (χ2v) is 6.72. The van der Waals surface area contributed by atoms with E-state index in [1.807, 2.05) is 0 Å². The van der Waals surface area contributed by atoms with Crippen LogP contribution >= 0.6 is 0 Å². The molecule has 0 aromatic heterocycles. The smallest absolute Gasteiger partial charge is 0.314 e. The van der Waals surface area contributed by atoms with Crippen molar-refractivity contribution < 1.29 is 14.4 Å². The third kappa shape index (κ3) is 7.24. The van der Waals surface area contributed by atoms with Crippen LogP contribution in [0.3, 0.4) is 0 Å². The number of unbranched alkanes of at least 4 members (excludes halogenated alkanes) is 2. The Morgan fingerprint density at radius 3 is 2.18 bits per heavy atom. The molecule has 0 spiro atoms. The molecule has 22 heavy (non-hydrogen) atoms. The first kappa shape index (κ1) is 18.2. The van der Waals surface area contributed by atoms with Gasteiger partial charge in [0, 0.05) is 31.8 Å². The molecule has 1 aliphatic rings. The van der Waals surface area contributed by atoms with E-state index in [0.29, 0.717) is 19.6 Å². The molecule has 0 aromatic rings. The highest BCUT2D eigenvalue weighted by molar-refractivity contribution is 6.12. The maximum Gasteiger partial charge on any atom is 0.314 e. The molecule has 1 heterocycles. The highest BCUT2D eigenvalue weighted by Crippen LogP contribution is 2.16. The molecule has 2 N–H and O–H groups in total. The zero-order valence-corrected chi connectivity index (χ0v) is 13.8. The van der Waals surface area contributed by atoms with Gasteiger partial charge in [-0.25, -0.2) is 4.79 Å². The molecule has 1 rings (SSSR count). The van der Waals surface area contributed by atoms with Crippen LogP contribution in [0.2, 0.25) is 0 Å². The molecule has 0 atom stereocenters. The van der Waals surface area contributed by atoms with Gasteiger partial charge < -0.3 is 10.6 Å². The number of carbonyl (C=O) groups excluding carboxylic acids is 3. The Bertz CT molecular complexity index is 420. The van der Waals surface area contributed by atoms with Gasteiger partial charge in [-0.3, -0.25) is 14.5 Å². The number of rotatable bonds is 8. The standard InChI is InChI=1S/C16H27N3O3/c1-16(2,3)9-11-18-15(22)17-10-5-4-6-12-19-13(20)7-8-14(19)21/h7-8H,4-6,9-12H2,1-3H3,(H2,17,18,22). The minimum atomic E-state index is -0.235. The zero-order valence-electron chi connectivity index (χ0n) is 13.8. The third-order valence-electron chi connectivity index (χ3n) is 3.41. The van der Waals surface area contributed by atoms with Crippen molar-refractivity contribution in [3.63, 3.8) is 0 Å². The number of urea groups is 1. The first-order valence-corrected chi connectivity index (χ1v) is 7.85. The summed E-state index contributed by atoms with van der Waals surface area (Å²) in [6.07, 6.45) is 5.98. The Labute approximate surface area is 132 Å². The highest BCUT2D eigenvalue weighted by atomic mass is 16.2. The van der Waals surface area contributed by atoms with E-state index in [2.05, 4.69) is 31.4 Å². The van der Waals surface area contributed by atoms with Gasteiger partial charge in [0.25, 0.3) is 11.8 Å². The van der Waals surface area contributed by atoms with Crippen LogP contribution in [0.1, 0.15) is 46.5 Å². The number of hydrogen-bond donors (Lipinski definition) is 2. The molecule has 4 amide bonds. The molecule has 0 unspecified atom stereocenters. The molecule has 0 aliphatic carbocycles. The summed E-state index contributed by atoms with van der Waals surface area (Å²) in [4.78, 5) is 35.4. The first-order chi connectivity index (χ1) is 10.3. The fourth-order valence-corrected chi connectivity index (χ4v) is 2.04. The van der Waals surface area contributed by atoms with Crippen LogP contribution in [-0.2, 0) is 9.59 Å². The summed E-state index contributed by atoms with van der Waals surface area (Å²) < 4.78 is 0. The fourth-order valence-electron chi connectivity index (χ4n) is 2.04. The number of nitrogens with one attached hydrogen (secondary N) is 2. The SMILES string of the molecule is CC(C)(C)CCNC(=O)NCCCCCN1C(=O)C=CC1=O. The maximum atomic E-state index is 11.5. The monoisotopic (exact) mass is 309 g/mol. The summed E-state index contributed by atoms with van der Waals surface area (Å²) in [7, 11) is 0. The predicted octanol–water partition coefficient (Wildman–Crippen LogP) is 1.82. The molecule has 6 heteroatoms. The van der Waals surface area contributed by atoms with E-state index in [0.717, 1.165) is 25.7 Å². The normalized spacial score (nSPS) is 14.6. The quantitative estimate of drug-likeness (QED) is 0.530. The number of nitrogens with zero attached hydrogens (tertiary/aromatic N) is 1. The van der Waals surface area contributed by atoms with Gasteiger partial charge in [-0.1, -0.05) is 20.8 Å². The van der Waals surface area contributed by atoms with Crippen LogP contribution in [0.4, 0.5) is 4.79 Å². The van der Waals surface area contributed by atoms with Gasteiger partial charge in [-0.15, -0.1) is 0 Å². The summed E-state index contributed by atoms with van der Waals surface area (Å²) in [6, 6.07) is -0.140. The van der Waals surface area contributed by atoms with Gasteiger partial charge in [0.1, 0.15) is 0 Å². The maximum absolute atomic E-state index is 11.5. The van der Waals surface area contributed by atoms with Crippen LogP contribution in [0.15, 0.2) is 12.2 Å². The van der Waals surface area contributed by atoms with Crippen LogP contribution in [0.5, 0.6) is 0 Å². The van der Waals surface area contributed by atoms with Gasteiger partial charge in [-0.2, -0.15) is 0 Å². The van der Waals surface area contributed by atoms with Crippen molar-refractivity contribution >= 4 is 17.8 Å². The van der Waals surface area contributed by atoms with Gasteiger partial charge >= 0.3 is 6.03 Å². The van der Waals surface area contributed by atoms with Crippen LogP contribution < -0.4 is 10.6 Å². The van der Waals surface area contributed by atoms with Crippen molar-refractivity contribution in [3.05, 3.63) is 12.2 Å². The molecular weight excluding hydrogens is 282 g/mol. The fraction of sp³-hybridized carbons (Fsp3) is 0.688. The number of imide groups is 1. The van der Waals surface area contributed by atoms with Crippen molar-refractivity contribution in [2.24, 2.45) is 5.41 Å². The predicted molar refractivity (Wildman–Crippen MR) is 85.2 cm³/mol. The van der Waals surface area contributed by atoms with E-state index in [-0.39, 0.29) is 23.3 Å². The Kier molecular flexibility index (Phi) is 7.08. The van der Waals surface area contributed by atoms with Crippen molar-refractivity contribution in [2.75, 3.05) is 19.6 Å². The van der Waals surface area contributed by atoms with Crippen LogP contribution in [0, 0.1) is 5.41 Å². The van der Waals surface area contributed by atoms with Gasteiger partial charge in [-0.05, 0) is 31.1 Å². The summed E-state index contributed by atoms with van der Waals surface area (Å²) in [5, 5.41) is 5.64. The summed E-state index contributed by atoms with van der Waals surface area (Å²) in [5.41, 5.74) is 0.215. The number of hydrogen-bond acceptors (Lipinski definition) is 3. The van der Waals surface area contributed by atoms with E-state index >= 15 is 0 Å². The molecule has 0 saturated carbocycles. The second kappa shape index (κ2) is 8.56. The van der Waals surface area contributed by atoms with Gasteiger partial charge in [0.15, 0.2) is 0 Å². The van der Waals surface area contributed by atoms with Crippen molar-refractivity contribution in [1.82, 2.24) is 15.5 Å². The van der Waals surface area contributed by atoms with E-state index in [1.165, 1.54) is 17.1 Å². The lowest BCUT2D eigenvalue weighted by atomic mass is 9.92. The Hall–Kier alpha value is -1.85. The van der Waals surface area contributed by atoms with Crippen LogP contribution in [0.25, 0.3) is 0 Å². The van der Waals surface area contributed by atoms with Crippen molar-refractivity contribution in [3.8, 4) is 0 Å². The summed E-state index contributed by atoms with van der Waals surface area (Å²) in [5.74, 6) is -0.470. The van der Waals surface area contributed by atoms with Gasteiger partial charge in [0.05, 0.1) is 0 Å². The third-order valence-corrected chi connectivity index (χ3v) is 3.41. The summed E-state index contributed by atoms with van der Waals surface area (Å²) in [6.45, 7) is 8.12. The molecule has 0 aromatic carbocycles. The molecule has 0 fully saturated rings. The van der Waals surface area contributed by atoms with Gasteiger partial charge in [0.2, 0.25) is 0 Å². The molecule has 124 valence electrons. The van der Waals surface area contributed by atoms with E-state index in [4.69, 9.17) is 0 Å². The summed E-state index contributed by atoms with van der Waals surface area (Å²) >= 11 is 0.